The molecule has 0 aromatic heterocycles. The molecular weight excluding hydrogens is 364 g/mol. The van der Waals surface area contributed by atoms with Crippen LogP contribution >= 0.6 is 0 Å². The maximum atomic E-state index is 13.0. The molecule has 0 amide bonds. The molecule has 4 fully saturated rings. The van der Waals surface area contributed by atoms with Gasteiger partial charge >= 0.3 is 5.97 Å². The highest BCUT2D eigenvalue weighted by Gasteiger charge is 2.61. The Hall–Kier alpha value is -1.66. The van der Waals surface area contributed by atoms with E-state index >= 15 is 0 Å². The summed E-state index contributed by atoms with van der Waals surface area (Å²) in [6, 6.07) is 6.87. The van der Waals surface area contributed by atoms with Gasteiger partial charge in [0.25, 0.3) is 10.1 Å². The first-order chi connectivity index (χ1) is 12.6. The Morgan fingerprint density at radius 1 is 1.11 bits per heavy atom. The standard InChI is InChI=1S/C21H26O5S/c1-14(2)19(22)25-20-9-16-8-17(10-20)12-21(11-16,13-20)26-27(23,24)18-7-5-4-6-15(18)3/h4-7,16-17H,1,8-13H2,2-3H3. The van der Waals surface area contributed by atoms with E-state index in [4.69, 9.17) is 8.92 Å². The van der Waals surface area contributed by atoms with Crippen LogP contribution in [0.5, 0.6) is 0 Å². The van der Waals surface area contributed by atoms with E-state index in [0.29, 0.717) is 42.2 Å². The summed E-state index contributed by atoms with van der Waals surface area (Å²) in [5.41, 5.74) is -0.360. The predicted molar refractivity (Wildman–Crippen MR) is 100 cm³/mol. The lowest BCUT2D eigenvalue weighted by Gasteiger charge is -2.60. The van der Waals surface area contributed by atoms with Gasteiger partial charge in [0.05, 0.1) is 10.5 Å². The average molecular weight is 391 g/mol. The van der Waals surface area contributed by atoms with Gasteiger partial charge in [-0.15, -0.1) is 0 Å². The van der Waals surface area contributed by atoms with Crippen LogP contribution in [-0.4, -0.2) is 25.6 Å². The number of esters is 1. The maximum Gasteiger partial charge on any atom is 0.333 e. The van der Waals surface area contributed by atoms with E-state index in [2.05, 4.69) is 6.58 Å². The number of hydrogen-bond acceptors (Lipinski definition) is 5. The van der Waals surface area contributed by atoms with Gasteiger partial charge in [-0.05, 0) is 69.4 Å². The summed E-state index contributed by atoms with van der Waals surface area (Å²) in [6.45, 7) is 7.08. The molecule has 27 heavy (non-hydrogen) atoms. The van der Waals surface area contributed by atoms with Crippen LogP contribution in [-0.2, 0) is 23.8 Å². The van der Waals surface area contributed by atoms with Crippen LogP contribution in [0.2, 0.25) is 0 Å². The lowest BCUT2D eigenvalue weighted by atomic mass is 9.52. The first-order valence-electron chi connectivity index (χ1n) is 9.52. The monoisotopic (exact) mass is 390 g/mol. The highest BCUT2D eigenvalue weighted by atomic mass is 32.2. The third-order valence-corrected chi connectivity index (χ3v) is 7.83. The van der Waals surface area contributed by atoms with Crippen molar-refractivity contribution in [3.8, 4) is 0 Å². The molecule has 1 aromatic carbocycles. The molecule has 0 N–H and O–H groups in total. The van der Waals surface area contributed by atoms with Gasteiger partial charge < -0.3 is 4.74 Å². The Morgan fingerprint density at radius 2 is 1.70 bits per heavy atom. The number of carbonyl (C=O) groups excluding carboxylic acids is 1. The minimum Gasteiger partial charge on any atom is -0.456 e. The Labute approximate surface area is 160 Å². The molecule has 4 aliphatic carbocycles. The van der Waals surface area contributed by atoms with Crippen LogP contribution in [0.3, 0.4) is 0 Å². The summed E-state index contributed by atoms with van der Waals surface area (Å²) in [5, 5.41) is 0. The van der Waals surface area contributed by atoms with Crippen LogP contribution < -0.4 is 0 Å². The van der Waals surface area contributed by atoms with Gasteiger partial charge in [-0.2, -0.15) is 8.42 Å². The fourth-order valence-corrected chi connectivity index (χ4v) is 7.17. The Bertz CT molecular complexity index is 887. The zero-order valence-electron chi connectivity index (χ0n) is 15.9. The van der Waals surface area contributed by atoms with Crippen LogP contribution in [0.1, 0.15) is 51.0 Å². The molecule has 1 aromatic rings. The SMILES string of the molecule is C=C(C)C(=O)OC12CC3CC(C1)CC(OS(=O)(=O)c1ccccc1C)(C3)C2. The molecule has 5 rings (SSSR count). The van der Waals surface area contributed by atoms with Crippen molar-refractivity contribution < 1.29 is 22.1 Å². The highest BCUT2D eigenvalue weighted by molar-refractivity contribution is 7.86. The number of benzene rings is 1. The Morgan fingerprint density at radius 3 is 2.30 bits per heavy atom. The molecule has 2 atom stereocenters. The van der Waals surface area contributed by atoms with Crippen molar-refractivity contribution in [3.05, 3.63) is 42.0 Å². The molecule has 2 unspecified atom stereocenters. The van der Waals surface area contributed by atoms with Crippen LogP contribution in [0.4, 0.5) is 0 Å². The van der Waals surface area contributed by atoms with E-state index in [9.17, 15) is 13.2 Å². The van der Waals surface area contributed by atoms with Crippen molar-refractivity contribution in [2.75, 3.05) is 0 Å². The van der Waals surface area contributed by atoms with E-state index in [-0.39, 0.29) is 4.90 Å². The largest absolute Gasteiger partial charge is 0.456 e. The number of hydrogen-bond donors (Lipinski definition) is 0. The second-order valence-corrected chi connectivity index (χ2v) is 10.3. The molecule has 0 radical (unpaired) electrons. The second-order valence-electron chi connectivity index (χ2n) is 8.80. The third kappa shape index (κ3) is 3.34. The quantitative estimate of drug-likeness (QED) is 0.433. The van der Waals surface area contributed by atoms with Gasteiger partial charge in [-0.25, -0.2) is 4.79 Å². The molecule has 146 valence electrons. The third-order valence-electron chi connectivity index (χ3n) is 6.26. The van der Waals surface area contributed by atoms with E-state index in [0.717, 1.165) is 19.3 Å². The van der Waals surface area contributed by atoms with E-state index in [1.54, 1.807) is 32.0 Å². The van der Waals surface area contributed by atoms with Crippen LogP contribution in [0.15, 0.2) is 41.3 Å². The molecule has 0 aliphatic heterocycles. The fourth-order valence-electron chi connectivity index (χ4n) is 5.71. The summed E-state index contributed by atoms with van der Waals surface area (Å²) in [7, 11) is -3.88. The fraction of sp³-hybridized carbons (Fsp3) is 0.571. The summed E-state index contributed by atoms with van der Waals surface area (Å²) >= 11 is 0. The number of rotatable bonds is 5. The van der Waals surface area contributed by atoms with Gasteiger partial charge in [0.15, 0.2) is 0 Å². The van der Waals surface area contributed by atoms with Crippen molar-refractivity contribution >= 4 is 16.1 Å². The van der Waals surface area contributed by atoms with Crippen LogP contribution in [0.25, 0.3) is 0 Å². The number of ether oxygens (including phenoxy) is 1. The highest BCUT2D eigenvalue weighted by Crippen LogP contribution is 2.60. The molecular formula is C21H26O5S. The molecule has 0 spiro atoms. The summed E-state index contributed by atoms with van der Waals surface area (Å²) in [5.74, 6) is 0.265. The zero-order chi connectivity index (χ0) is 19.4. The van der Waals surface area contributed by atoms with E-state index < -0.39 is 27.3 Å². The average Bonchev–Trinajstić information content (AvgIpc) is 2.52. The molecule has 4 aliphatic rings. The van der Waals surface area contributed by atoms with Gasteiger partial charge in [0.1, 0.15) is 5.60 Å². The smallest absolute Gasteiger partial charge is 0.333 e. The van der Waals surface area contributed by atoms with Crippen LogP contribution in [0, 0.1) is 18.8 Å². The zero-order valence-corrected chi connectivity index (χ0v) is 16.7. The van der Waals surface area contributed by atoms with Crippen molar-refractivity contribution in [3.63, 3.8) is 0 Å². The molecule has 4 saturated carbocycles. The molecule has 5 nitrogen and oxygen atoms in total. The Kier molecular flexibility index (Phi) is 4.27. The molecule has 0 heterocycles. The minimum atomic E-state index is -3.88. The normalized spacial score (nSPS) is 34.4. The maximum absolute atomic E-state index is 13.0. The molecule has 6 heteroatoms. The van der Waals surface area contributed by atoms with Gasteiger partial charge in [-0.3, -0.25) is 4.18 Å². The summed E-state index contributed by atoms with van der Waals surface area (Å²) in [6.07, 6.45) is 4.50. The summed E-state index contributed by atoms with van der Waals surface area (Å²) in [4.78, 5) is 12.4. The summed E-state index contributed by atoms with van der Waals surface area (Å²) < 4.78 is 37.9. The number of aryl methyl sites for hydroxylation is 1. The lowest BCUT2D eigenvalue weighted by Crippen LogP contribution is -2.61. The second kappa shape index (κ2) is 6.17. The minimum absolute atomic E-state index is 0.216. The first-order valence-corrected chi connectivity index (χ1v) is 10.9. The first kappa shape index (κ1) is 18.7. The number of carbonyl (C=O) groups is 1. The lowest BCUT2D eigenvalue weighted by molar-refractivity contribution is -0.209. The van der Waals surface area contributed by atoms with Gasteiger partial charge in [0, 0.05) is 12.0 Å². The van der Waals surface area contributed by atoms with Crippen molar-refractivity contribution in [2.24, 2.45) is 11.8 Å². The van der Waals surface area contributed by atoms with Gasteiger partial charge in [0.2, 0.25) is 0 Å². The van der Waals surface area contributed by atoms with E-state index in [1.165, 1.54) is 0 Å². The molecule has 4 bridgehead atoms. The van der Waals surface area contributed by atoms with E-state index in [1.807, 2.05) is 6.07 Å². The van der Waals surface area contributed by atoms with Crippen molar-refractivity contribution in [2.45, 2.75) is 68.5 Å². The van der Waals surface area contributed by atoms with Crippen molar-refractivity contribution in [1.29, 1.82) is 0 Å². The van der Waals surface area contributed by atoms with Crippen molar-refractivity contribution in [1.82, 2.24) is 0 Å². The Balaban J connectivity index is 1.64. The molecule has 0 saturated heterocycles. The topological polar surface area (TPSA) is 69.7 Å². The van der Waals surface area contributed by atoms with Gasteiger partial charge in [-0.1, -0.05) is 24.8 Å². The predicted octanol–water partition coefficient (Wildman–Crippen LogP) is 3.91.